The molecule has 0 fully saturated rings. The Labute approximate surface area is 95.0 Å². The van der Waals surface area contributed by atoms with E-state index in [1.807, 2.05) is 13.8 Å². The monoisotopic (exact) mass is 222 g/mol. The molecule has 86 valence electrons. The highest BCUT2D eigenvalue weighted by molar-refractivity contribution is 6.59. The van der Waals surface area contributed by atoms with Gasteiger partial charge in [0.05, 0.1) is 7.11 Å². The van der Waals surface area contributed by atoms with Crippen molar-refractivity contribution >= 4 is 12.6 Å². The molecule has 1 aliphatic rings. The summed E-state index contributed by atoms with van der Waals surface area (Å²) in [6.45, 7) is 3.92. The molecule has 4 nitrogen and oxygen atoms in total. The molecular formula is C11H15BO4. The molecule has 0 unspecified atom stereocenters. The molecule has 0 bridgehead atoms. The van der Waals surface area contributed by atoms with Gasteiger partial charge in [-0.05, 0) is 25.4 Å². The SMILES string of the molecule is COc1ccc(B(O)O)c2c1OC(C)(C)C2. The second-order valence-corrected chi connectivity index (χ2v) is 4.58. The van der Waals surface area contributed by atoms with Gasteiger partial charge in [-0.25, -0.2) is 0 Å². The molecule has 0 amide bonds. The quantitative estimate of drug-likeness (QED) is 0.696. The molecular weight excluding hydrogens is 207 g/mol. The van der Waals surface area contributed by atoms with Crippen LogP contribution in [0, 0.1) is 0 Å². The van der Waals surface area contributed by atoms with Gasteiger partial charge in [-0.15, -0.1) is 0 Å². The fourth-order valence-corrected chi connectivity index (χ4v) is 2.06. The lowest BCUT2D eigenvalue weighted by atomic mass is 9.75. The van der Waals surface area contributed by atoms with Gasteiger partial charge in [0.15, 0.2) is 11.5 Å². The first-order valence-electron chi connectivity index (χ1n) is 5.19. The van der Waals surface area contributed by atoms with Crippen molar-refractivity contribution < 1.29 is 19.5 Å². The van der Waals surface area contributed by atoms with Crippen molar-refractivity contribution in [2.75, 3.05) is 7.11 Å². The zero-order chi connectivity index (χ0) is 11.9. The minimum Gasteiger partial charge on any atom is -0.493 e. The van der Waals surface area contributed by atoms with Crippen LogP contribution in [0.3, 0.4) is 0 Å². The Morgan fingerprint density at radius 3 is 2.62 bits per heavy atom. The van der Waals surface area contributed by atoms with Gasteiger partial charge in [-0.1, -0.05) is 6.07 Å². The standard InChI is InChI=1S/C11H15BO4/c1-11(2)6-7-8(12(13)14)4-5-9(15-3)10(7)16-11/h4-5,13-14H,6H2,1-3H3. The Morgan fingerprint density at radius 1 is 1.38 bits per heavy atom. The van der Waals surface area contributed by atoms with E-state index in [-0.39, 0.29) is 5.60 Å². The lowest BCUT2D eigenvalue weighted by Gasteiger charge is -2.17. The number of hydrogen-bond donors (Lipinski definition) is 2. The second-order valence-electron chi connectivity index (χ2n) is 4.58. The average Bonchev–Trinajstić information content (AvgIpc) is 2.50. The molecule has 16 heavy (non-hydrogen) atoms. The molecule has 0 saturated carbocycles. The molecule has 5 heteroatoms. The number of rotatable bonds is 2. The number of benzene rings is 1. The van der Waals surface area contributed by atoms with Gasteiger partial charge in [0.25, 0.3) is 0 Å². The summed E-state index contributed by atoms with van der Waals surface area (Å²) in [6.07, 6.45) is 0.645. The van der Waals surface area contributed by atoms with Gasteiger partial charge in [-0.3, -0.25) is 0 Å². The predicted octanol–water partition coefficient (Wildman–Crippen LogP) is 0.0885. The van der Waals surface area contributed by atoms with Crippen molar-refractivity contribution in [1.29, 1.82) is 0 Å². The zero-order valence-corrected chi connectivity index (χ0v) is 9.65. The molecule has 0 saturated heterocycles. The summed E-state index contributed by atoms with van der Waals surface area (Å²) >= 11 is 0. The van der Waals surface area contributed by atoms with E-state index in [1.165, 1.54) is 0 Å². The van der Waals surface area contributed by atoms with Crippen molar-refractivity contribution in [3.8, 4) is 11.5 Å². The van der Waals surface area contributed by atoms with Crippen LogP contribution >= 0.6 is 0 Å². The van der Waals surface area contributed by atoms with Crippen LogP contribution in [0.15, 0.2) is 12.1 Å². The van der Waals surface area contributed by atoms with Crippen molar-refractivity contribution in [2.45, 2.75) is 25.9 Å². The van der Waals surface area contributed by atoms with Gasteiger partial charge >= 0.3 is 7.12 Å². The molecule has 0 radical (unpaired) electrons. The van der Waals surface area contributed by atoms with E-state index in [9.17, 15) is 10.0 Å². The summed E-state index contributed by atoms with van der Waals surface area (Å²) in [5.74, 6) is 1.25. The first-order valence-corrected chi connectivity index (χ1v) is 5.19. The van der Waals surface area contributed by atoms with Crippen molar-refractivity contribution in [1.82, 2.24) is 0 Å². The highest BCUT2D eigenvalue weighted by Gasteiger charge is 2.36. The molecule has 0 spiro atoms. The lowest BCUT2D eigenvalue weighted by molar-refractivity contribution is 0.134. The Bertz CT molecular complexity index is 415. The van der Waals surface area contributed by atoms with Crippen LogP contribution in [0.4, 0.5) is 0 Å². The van der Waals surface area contributed by atoms with E-state index in [2.05, 4.69) is 0 Å². The summed E-state index contributed by atoms with van der Waals surface area (Å²) in [7, 11) is 0.0939. The van der Waals surface area contributed by atoms with Gasteiger partial charge in [0.2, 0.25) is 0 Å². The Hall–Kier alpha value is -1.20. The molecule has 0 aromatic heterocycles. The molecule has 2 N–H and O–H groups in total. The fourth-order valence-electron chi connectivity index (χ4n) is 2.06. The maximum Gasteiger partial charge on any atom is 0.488 e. The molecule has 1 aromatic carbocycles. The second kappa shape index (κ2) is 3.68. The van der Waals surface area contributed by atoms with Gasteiger partial charge < -0.3 is 19.5 Å². The minimum atomic E-state index is -1.47. The summed E-state index contributed by atoms with van der Waals surface area (Å²) < 4.78 is 11.0. The van der Waals surface area contributed by atoms with Crippen molar-refractivity contribution in [3.63, 3.8) is 0 Å². The van der Waals surface area contributed by atoms with E-state index in [0.29, 0.717) is 23.4 Å². The van der Waals surface area contributed by atoms with Crippen LogP contribution < -0.4 is 14.9 Å². The average molecular weight is 222 g/mol. The van der Waals surface area contributed by atoms with Crippen molar-refractivity contribution in [3.05, 3.63) is 17.7 Å². The Morgan fingerprint density at radius 2 is 2.06 bits per heavy atom. The van der Waals surface area contributed by atoms with E-state index < -0.39 is 7.12 Å². The summed E-state index contributed by atoms with van der Waals surface area (Å²) in [4.78, 5) is 0. The number of hydrogen-bond acceptors (Lipinski definition) is 4. The topological polar surface area (TPSA) is 58.9 Å². The molecule has 1 aromatic rings. The predicted molar refractivity (Wildman–Crippen MR) is 61.2 cm³/mol. The van der Waals surface area contributed by atoms with Gasteiger partial charge in [-0.2, -0.15) is 0 Å². The first-order chi connectivity index (χ1) is 7.44. The van der Waals surface area contributed by atoms with Crippen LogP contribution in [0.5, 0.6) is 11.5 Å². The first kappa shape index (κ1) is 11.3. The molecule has 1 heterocycles. The summed E-state index contributed by atoms with van der Waals surface area (Å²) in [6, 6.07) is 3.35. The molecule has 0 aliphatic carbocycles. The zero-order valence-electron chi connectivity index (χ0n) is 9.65. The number of methoxy groups -OCH3 is 1. The third-order valence-corrected chi connectivity index (χ3v) is 2.74. The summed E-state index contributed by atoms with van der Waals surface area (Å²) in [5, 5.41) is 18.6. The van der Waals surface area contributed by atoms with E-state index in [0.717, 1.165) is 5.56 Å². The van der Waals surface area contributed by atoms with E-state index in [1.54, 1.807) is 19.2 Å². The largest absolute Gasteiger partial charge is 0.493 e. The van der Waals surface area contributed by atoms with E-state index >= 15 is 0 Å². The van der Waals surface area contributed by atoms with Crippen LogP contribution in [-0.4, -0.2) is 29.9 Å². The van der Waals surface area contributed by atoms with Crippen LogP contribution in [0.2, 0.25) is 0 Å². The van der Waals surface area contributed by atoms with Gasteiger partial charge in [0.1, 0.15) is 5.60 Å². The van der Waals surface area contributed by atoms with Crippen LogP contribution in [0.1, 0.15) is 19.4 Å². The molecule has 1 aliphatic heterocycles. The van der Waals surface area contributed by atoms with Crippen LogP contribution in [0.25, 0.3) is 0 Å². The highest BCUT2D eigenvalue weighted by atomic mass is 16.5. The minimum absolute atomic E-state index is 0.333. The third kappa shape index (κ3) is 1.76. The lowest BCUT2D eigenvalue weighted by Crippen LogP contribution is -2.33. The Balaban J connectivity index is 2.55. The number of ether oxygens (including phenoxy) is 2. The fraction of sp³-hybridized carbons (Fsp3) is 0.455. The third-order valence-electron chi connectivity index (χ3n) is 2.74. The maximum atomic E-state index is 9.28. The van der Waals surface area contributed by atoms with E-state index in [4.69, 9.17) is 9.47 Å². The molecule has 2 rings (SSSR count). The number of fused-ring (bicyclic) bond motifs is 1. The van der Waals surface area contributed by atoms with Crippen LogP contribution in [-0.2, 0) is 6.42 Å². The highest BCUT2D eigenvalue weighted by Crippen LogP contribution is 2.40. The van der Waals surface area contributed by atoms with Gasteiger partial charge in [0, 0.05) is 12.0 Å². The Kier molecular flexibility index (Phi) is 2.60. The summed E-state index contributed by atoms with van der Waals surface area (Å²) in [5.41, 5.74) is 0.973. The van der Waals surface area contributed by atoms with Crippen molar-refractivity contribution in [2.24, 2.45) is 0 Å². The normalized spacial score (nSPS) is 16.6. The smallest absolute Gasteiger partial charge is 0.488 e. The molecule has 0 atom stereocenters. The maximum absolute atomic E-state index is 9.28.